The normalized spacial score (nSPS) is 9.82. The molecule has 8 nitrogen and oxygen atoms in total. The standard InChI is InChI=1S/C20H21N3O5/c1-13(24)23(12-19(25)22-16-8-6-5-7-14(16)11-21)15-9-17(26-2)20(28-4)18(10-15)27-3/h5-10H,12H2,1-4H3,(H,22,25). The van der Waals surface area contributed by atoms with Crippen molar-refractivity contribution in [3.8, 4) is 23.3 Å². The van der Waals surface area contributed by atoms with E-state index < -0.39 is 5.91 Å². The fraction of sp³-hybridized carbons (Fsp3) is 0.250. The molecule has 0 aromatic heterocycles. The number of amides is 2. The van der Waals surface area contributed by atoms with Gasteiger partial charge in [0.1, 0.15) is 12.6 Å². The fourth-order valence-electron chi connectivity index (χ4n) is 2.63. The second-order valence-corrected chi connectivity index (χ2v) is 5.69. The smallest absolute Gasteiger partial charge is 0.244 e. The maximum Gasteiger partial charge on any atom is 0.244 e. The van der Waals surface area contributed by atoms with Crippen molar-refractivity contribution in [1.29, 1.82) is 5.26 Å². The minimum Gasteiger partial charge on any atom is -0.493 e. The Hall–Kier alpha value is -3.73. The summed E-state index contributed by atoms with van der Waals surface area (Å²) in [7, 11) is 4.40. The number of hydrogen-bond donors (Lipinski definition) is 1. The van der Waals surface area contributed by atoms with Gasteiger partial charge in [0.25, 0.3) is 0 Å². The molecule has 0 saturated heterocycles. The van der Waals surface area contributed by atoms with Crippen molar-refractivity contribution in [2.24, 2.45) is 0 Å². The van der Waals surface area contributed by atoms with Gasteiger partial charge in [0, 0.05) is 19.1 Å². The monoisotopic (exact) mass is 383 g/mol. The Morgan fingerprint density at radius 1 is 1.07 bits per heavy atom. The first-order valence-electron chi connectivity index (χ1n) is 8.32. The van der Waals surface area contributed by atoms with E-state index in [1.54, 1.807) is 36.4 Å². The van der Waals surface area contributed by atoms with Gasteiger partial charge in [-0.2, -0.15) is 5.26 Å². The number of anilines is 2. The highest BCUT2D eigenvalue weighted by Gasteiger charge is 2.21. The van der Waals surface area contributed by atoms with Crippen molar-refractivity contribution in [3.63, 3.8) is 0 Å². The van der Waals surface area contributed by atoms with E-state index in [-0.39, 0.29) is 12.5 Å². The number of rotatable bonds is 7. The molecule has 2 rings (SSSR count). The quantitative estimate of drug-likeness (QED) is 0.789. The highest BCUT2D eigenvalue weighted by atomic mass is 16.5. The largest absolute Gasteiger partial charge is 0.493 e. The Morgan fingerprint density at radius 2 is 1.68 bits per heavy atom. The number of benzene rings is 2. The fourth-order valence-corrected chi connectivity index (χ4v) is 2.63. The molecular formula is C20H21N3O5. The molecule has 0 radical (unpaired) electrons. The molecule has 0 heterocycles. The Bertz CT molecular complexity index is 895. The second kappa shape index (κ2) is 9.28. The van der Waals surface area contributed by atoms with Crippen molar-refractivity contribution < 1.29 is 23.8 Å². The van der Waals surface area contributed by atoms with Gasteiger partial charge >= 0.3 is 0 Å². The van der Waals surface area contributed by atoms with Crippen LogP contribution in [0.25, 0.3) is 0 Å². The molecule has 0 aliphatic carbocycles. The summed E-state index contributed by atoms with van der Waals surface area (Å²) >= 11 is 0. The van der Waals surface area contributed by atoms with Gasteiger partial charge in [-0.25, -0.2) is 0 Å². The number of ether oxygens (including phenoxy) is 3. The zero-order valence-electron chi connectivity index (χ0n) is 16.1. The number of nitrogens with zero attached hydrogens (tertiary/aromatic N) is 2. The first-order valence-corrected chi connectivity index (χ1v) is 8.32. The lowest BCUT2D eigenvalue weighted by Gasteiger charge is -2.23. The summed E-state index contributed by atoms with van der Waals surface area (Å²) in [5, 5.41) is 11.8. The average Bonchev–Trinajstić information content (AvgIpc) is 2.70. The van der Waals surface area contributed by atoms with Gasteiger partial charge in [-0.05, 0) is 12.1 Å². The summed E-state index contributed by atoms with van der Waals surface area (Å²) in [5.41, 5.74) is 1.12. The number of nitrogens with one attached hydrogen (secondary N) is 1. The van der Waals surface area contributed by atoms with Gasteiger partial charge < -0.3 is 24.4 Å². The van der Waals surface area contributed by atoms with Crippen LogP contribution in [0.2, 0.25) is 0 Å². The van der Waals surface area contributed by atoms with E-state index in [1.807, 2.05) is 6.07 Å². The molecule has 0 atom stereocenters. The molecule has 8 heteroatoms. The van der Waals surface area contributed by atoms with Crippen LogP contribution in [0.4, 0.5) is 11.4 Å². The molecule has 0 saturated carbocycles. The minimum absolute atomic E-state index is 0.256. The molecule has 0 aliphatic heterocycles. The lowest BCUT2D eigenvalue weighted by Crippen LogP contribution is -2.36. The minimum atomic E-state index is -0.452. The van der Waals surface area contributed by atoms with Crippen LogP contribution in [0.1, 0.15) is 12.5 Å². The van der Waals surface area contributed by atoms with Gasteiger partial charge in [-0.15, -0.1) is 0 Å². The molecule has 2 aromatic carbocycles. The van der Waals surface area contributed by atoms with Gasteiger partial charge in [0.05, 0.1) is 38.3 Å². The predicted molar refractivity (Wildman–Crippen MR) is 104 cm³/mol. The summed E-state index contributed by atoms with van der Waals surface area (Å²) in [5.74, 6) is 0.297. The average molecular weight is 383 g/mol. The van der Waals surface area contributed by atoms with Crippen molar-refractivity contribution in [2.45, 2.75) is 6.92 Å². The zero-order valence-corrected chi connectivity index (χ0v) is 16.1. The van der Waals surface area contributed by atoms with Crippen LogP contribution in [-0.2, 0) is 9.59 Å². The highest BCUT2D eigenvalue weighted by Crippen LogP contribution is 2.41. The molecule has 2 amide bonds. The first-order chi connectivity index (χ1) is 13.4. The van der Waals surface area contributed by atoms with Gasteiger partial charge in [-0.1, -0.05) is 12.1 Å². The summed E-state index contributed by atoms with van der Waals surface area (Å²) < 4.78 is 15.9. The molecule has 0 bridgehead atoms. The van der Waals surface area contributed by atoms with E-state index >= 15 is 0 Å². The number of nitriles is 1. The molecule has 2 aromatic rings. The van der Waals surface area contributed by atoms with Crippen LogP contribution in [0.15, 0.2) is 36.4 Å². The van der Waals surface area contributed by atoms with Crippen LogP contribution in [0.5, 0.6) is 17.2 Å². The Balaban J connectivity index is 2.32. The Labute approximate surface area is 163 Å². The number of methoxy groups -OCH3 is 3. The number of carbonyl (C=O) groups excluding carboxylic acids is 2. The second-order valence-electron chi connectivity index (χ2n) is 5.69. The van der Waals surface area contributed by atoms with E-state index in [2.05, 4.69) is 5.32 Å². The SMILES string of the molecule is COc1cc(N(CC(=O)Nc2ccccc2C#N)C(C)=O)cc(OC)c1OC. The van der Waals surface area contributed by atoms with E-state index in [9.17, 15) is 9.59 Å². The topological polar surface area (TPSA) is 101 Å². The summed E-state index contributed by atoms with van der Waals surface area (Å²) in [6, 6.07) is 11.8. The molecule has 28 heavy (non-hydrogen) atoms. The van der Waals surface area contributed by atoms with E-state index in [4.69, 9.17) is 19.5 Å². The highest BCUT2D eigenvalue weighted by molar-refractivity contribution is 6.02. The van der Waals surface area contributed by atoms with Crippen LogP contribution in [-0.4, -0.2) is 39.7 Å². The first kappa shape index (κ1) is 20.6. The predicted octanol–water partition coefficient (Wildman–Crippen LogP) is 2.58. The Kier molecular flexibility index (Phi) is 6.82. The molecule has 0 spiro atoms. The lowest BCUT2D eigenvalue weighted by molar-refractivity contribution is -0.120. The molecule has 0 fully saturated rings. The van der Waals surface area contributed by atoms with Crippen molar-refractivity contribution in [2.75, 3.05) is 38.1 Å². The van der Waals surface area contributed by atoms with Gasteiger partial charge in [0.2, 0.25) is 17.6 Å². The zero-order chi connectivity index (χ0) is 20.7. The van der Waals surface area contributed by atoms with E-state index in [0.717, 1.165) is 0 Å². The van der Waals surface area contributed by atoms with E-state index in [1.165, 1.54) is 33.2 Å². The van der Waals surface area contributed by atoms with Crippen LogP contribution in [0.3, 0.4) is 0 Å². The van der Waals surface area contributed by atoms with Gasteiger partial charge in [-0.3, -0.25) is 9.59 Å². The maximum absolute atomic E-state index is 12.5. The van der Waals surface area contributed by atoms with Crippen molar-refractivity contribution in [1.82, 2.24) is 0 Å². The summed E-state index contributed by atoms with van der Waals surface area (Å²) in [4.78, 5) is 26.0. The van der Waals surface area contributed by atoms with Crippen molar-refractivity contribution in [3.05, 3.63) is 42.0 Å². The Morgan fingerprint density at radius 3 is 2.18 bits per heavy atom. The summed E-state index contributed by atoms with van der Waals surface area (Å²) in [6.45, 7) is 1.09. The third-order valence-corrected chi connectivity index (χ3v) is 3.96. The van der Waals surface area contributed by atoms with Crippen LogP contribution < -0.4 is 24.4 Å². The number of carbonyl (C=O) groups is 2. The third kappa shape index (κ3) is 4.51. The molecule has 0 aliphatic rings. The molecular weight excluding hydrogens is 362 g/mol. The number of para-hydroxylation sites is 1. The third-order valence-electron chi connectivity index (χ3n) is 3.96. The number of hydrogen-bond acceptors (Lipinski definition) is 6. The van der Waals surface area contributed by atoms with Crippen LogP contribution >= 0.6 is 0 Å². The summed E-state index contributed by atoms with van der Waals surface area (Å²) in [6.07, 6.45) is 0. The lowest BCUT2D eigenvalue weighted by atomic mass is 10.2. The maximum atomic E-state index is 12.5. The van der Waals surface area contributed by atoms with Crippen molar-refractivity contribution >= 4 is 23.2 Å². The van der Waals surface area contributed by atoms with Crippen LogP contribution in [0, 0.1) is 11.3 Å². The molecule has 146 valence electrons. The van der Waals surface area contributed by atoms with Gasteiger partial charge in [0.15, 0.2) is 11.5 Å². The van der Waals surface area contributed by atoms with E-state index in [0.29, 0.717) is 34.2 Å². The molecule has 0 unspecified atom stereocenters. The molecule has 1 N–H and O–H groups in total.